The molecule has 1 amide bonds. The summed E-state index contributed by atoms with van der Waals surface area (Å²) in [4.78, 5) is 13.7. The van der Waals surface area contributed by atoms with Gasteiger partial charge in [-0.3, -0.25) is 4.79 Å². The third-order valence-electron chi connectivity index (χ3n) is 4.20. The van der Waals surface area contributed by atoms with Gasteiger partial charge in [-0.2, -0.15) is 0 Å². The highest BCUT2D eigenvalue weighted by Gasteiger charge is 2.32. The zero-order chi connectivity index (χ0) is 13.9. The van der Waals surface area contributed by atoms with E-state index in [0.717, 1.165) is 0 Å². The van der Waals surface area contributed by atoms with Crippen LogP contribution < -0.4 is 10.6 Å². The Kier molecular flexibility index (Phi) is 4.63. The first-order valence-electron chi connectivity index (χ1n) is 7.08. The predicted molar refractivity (Wildman–Crippen MR) is 80.3 cm³/mol. The largest absolute Gasteiger partial charge is 0.347 e. The quantitative estimate of drug-likeness (QED) is 0.870. The van der Waals surface area contributed by atoms with Crippen molar-refractivity contribution in [2.24, 2.45) is 5.92 Å². The van der Waals surface area contributed by atoms with Crippen LogP contribution in [0.15, 0.2) is 17.5 Å². The number of nitrogens with one attached hydrogen (secondary N) is 2. The van der Waals surface area contributed by atoms with Gasteiger partial charge in [-0.15, -0.1) is 11.3 Å². The minimum absolute atomic E-state index is 0.0836. The molecule has 1 aliphatic rings. The Bertz CT molecular complexity index is 408. The second-order valence-corrected chi connectivity index (χ2v) is 6.87. The summed E-state index contributed by atoms with van der Waals surface area (Å²) in [6, 6.07) is 4.39. The van der Waals surface area contributed by atoms with E-state index in [9.17, 15) is 4.79 Å². The van der Waals surface area contributed by atoms with Crippen LogP contribution in [0.1, 0.15) is 50.4 Å². The molecule has 1 aliphatic carbocycles. The minimum Gasteiger partial charge on any atom is -0.347 e. The van der Waals surface area contributed by atoms with Crippen molar-refractivity contribution >= 4 is 17.2 Å². The first-order chi connectivity index (χ1) is 9.04. The molecule has 0 saturated heterocycles. The lowest BCUT2D eigenvalue weighted by Crippen LogP contribution is -2.52. The lowest BCUT2D eigenvalue weighted by Gasteiger charge is -2.29. The van der Waals surface area contributed by atoms with Gasteiger partial charge in [-0.25, -0.2) is 0 Å². The number of thiophene rings is 1. The fraction of sp³-hybridized carbons (Fsp3) is 0.667. The van der Waals surface area contributed by atoms with Gasteiger partial charge in [0.05, 0.1) is 11.6 Å². The average molecular weight is 280 g/mol. The average Bonchev–Trinajstić information content (AvgIpc) is 3.08. The number of amides is 1. The number of hydrogen-bond donors (Lipinski definition) is 2. The van der Waals surface area contributed by atoms with Crippen LogP contribution in [0, 0.1) is 5.92 Å². The second-order valence-electron chi connectivity index (χ2n) is 5.89. The molecular weight excluding hydrogens is 256 g/mol. The molecule has 1 heterocycles. The Morgan fingerprint density at radius 2 is 2.11 bits per heavy atom. The molecule has 0 aliphatic heterocycles. The van der Waals surface area contributed by atoms with Crippen molar-refractivity contribution in [3.05, 3.63) is 22.4 Å². The summed E-state index contributed by atoms with van der Waals surface area (Å²) in [5.41, 5.74) is -0.520. The fourth-order valence-electron chi connectivity index (χ4n) is 2.62. The molecule has 0 radical (unpaired) electrons. The smallest absolute Gasteiger partial charge is 0.240 e. The highest BCUT2D eigenvalue weighted by atomic mass is 32.1. The molecule has 1 atom stereocenters. The maximum absolute atomic E-state index is 12.4. The molecule has 0 aromatic carbocycles. The third-order valence-corrected chi connectivity index (χ3v) is 5.16. The lowest BCUT2D eigenvalue weighted by atomic mass is 9.95. The van der Waals surface area contributed by atoms with Crippen molar-refractivity contribution in [2.75, 3.05) is 7.05 Å². The van der Waals surface area contributed by atoms with Crippen molar-refractivity contribution in [3.8, 4) is 0 Å². The van der Waals surface area contributed by atoms with E-state index < -0.39 is 5.54 Å². The first kappa shape index (κ1) is 14.5. The number of carbonyl (C=O) groups excluding carboxylic acids is 1. The van der Waals surface area contributed by atoms with Crippen molar-refractivity contribution < 1.29 is 4.79 Å². The van der Waals surface area contributed by atoms with Crippen LogP contribution in [-0.2, 0) is 4.79 Å². The molecule has 0 bridgehead atoms. The molecule has 2 N–H and O–H groups in total. The highest BCUT2D eigenvalue weighted by Crippen LogP contribution is 2.37. The molecule has 1 unspecified atom stereocenters. The summed E-state index contributed by atoms with van der Waals surface area (Å²) in [5.74, 6) is 0.676. The van der Waals surface area contributed by atoms with E-state index in [1.807, 2.05) is 20.9 Å². The summed E-state index contributed by atoms with van der Waals surface area (Å²) in [6.07, 6.45) is 5.03. The topological polar surface area (TPSA) is 41.1 Å². The Hall–Kier alpha value is -0.870. The van der Waals surface area contributed by atoms with Crippen LogP contribution in [0.3, 0.4) is 0 Å². The molecule has 1 aromatic heterocycles. The van der Waals surface area contributed by atoms with Gasteiger partial charge in [-0.1, -0.05) is 18.9 Å². The van der Waals surface area contributed by atoms with E-state index in [0.29, 0.717) is 5.92 Å². The number of carbonyl (C=O) groups is 1. The van der Waals surface area contributed by atoms with Gasteiger partial charge in [0.25, 0.3) is 0 Å². The van der Waals surface area contributed by atoms with E-state index in [-0.39, 0.29) is 11.9 Å². The summed E-state index contributed by atoms with van der Waals surface area (Å²) >= 11 is 1.74. The summed E-state index contributed by atoms with van der Waals surface area (Å²) in [6.45, 7) is 3.84. The van der Waals surface area contributed by atoms with Gasteiger partial charge >= 0.3 is 0 Å². The SMILES string of the molecule is CNC(C)(C)C(=O)NC(c1cccs1)C1CCCC1. The zero-order valence-electron chi connectivity index (χ0n) is 12.0. The van der Waals surface area contributed by atoms with Crippen LogP contribution in [-0.4, -0.2) is 18.5 Å². The molecule has 3 nitrogen and oxygen atoms in total. The Morgan fingerprint density at radius 3 is 2.63 bits per heavy atom. The summed E-state index contributed by atoms with van der Waals surface area (Å²) < 4.78 is 0. The molecule has 0 spiro atoms. The molecule has 4 heteroatoms. The molecule has 106 valence electrons. The van der Waals surface area contributed by atoms with Crippen LogP contribution in [0.4, 0.5) is 0 Å². The normalized spacial score (nSPS) is 18.5. The lowest BCUT2D eigenvalue weighted by molar-refractivity contribution is -0.127. The standard InChI is InChI=1S/C15H24N2OS/c1-15(2,16-3)14(18)17-13(11-7-4-5-8-11)12-9-6-10-19-12/h6,9-11,13,16H,4-5,7-8H2,1-3H3,(H,17,18). The molecule has 1 fully saturated rings. The molecule has 2 rings (SSSR count). The third kappa shape index (κ3) is 3.37. The Labute approximate surface area is 119 Å². The summed E-state index contributed by atoms with van der Waals surface area (Å²) in [7, 11) is 1.83. The molecule has 19 heavy (non-hydrogen) atoms. The summed E-state index contributed by atoms with van der Waals surface area (Å²) in [5, 5.41) is 8.43. The van der Waals surface area contributed by atoms with Gasteiger partial charge < -0.3 is 10.6 Å². The number of hydrogen-bond acceptors (Lipinski definition) is 3. The van der Waals surface area contributed by atoms with E-state index in [1.54, 1.807) is 11.3 Å². The van der Waals surface area contributed by atoms with Crippen LogP contribution in [0.25, 0.3) is 0 Å². The van der Waals surface area contributed by atoms with Gasteiger partial charge in [0.1, 0.15) is 0 Å². The van der Waals surface area contributed by atoms with Crippen molar-refractivity contribution in [3.63, 3.8) is 0 Å². The van der Waals surface area contributed by atoms with Crippen LogP contribution in [0.5, 0.6) is 0 Å². The van der Waals surface area contributed by atoms with E-state index in [2.05, 4.69) is 28.1 Å². The number of likely N-dealkylation sites (N-methyl/N-ethyl adjacent to an activating group) is 1. The van der Waals surface area contributed by atoms with Gasteiger partial charge in [0.15, 0.2) is 0 Å². The van der Waals surface area contributed by atoms with Crippen molar-refractivity contribution in [1.82, 2.24) is 10.6 Å². The zero-order valence-corrected chi connectivity index (χ0v) is 12.8. The molecule has 1 saturated carbocycles. The van der Waals surface area contributed by atoms with Crippen molar-refractivity contribution in [1.29, 1.82) is 0 Å². The van der Waals surface area contributed by atoms with E-state index in [1.165, 1.54) is 30.6 Å². The Balaban J connectivity index is 2.12. The van der Waals surface area contributed by atoms with Crippen LogP contribution in [0.2, 0.25) is 0 Å². The first-order valence-corrected chi connectivity index (χ1v) is 7.96. The maximum Gasteiger partial charge on any atom is 0.240 e. The van der Waals surface area contributed by atoms with Gasteiger partial charge in [0, 0.05) is 4.88 Å². The van der Waals surface area contributed by atoms with Gasteiger partial charge in [-0.05, 0) is 51.1 Å². The Morgan fingerprint density at radius 1 is 1.42 bits per heavy atom. The van der Waals surface area contributed by atoms with E-state index >= 15 is 0 Å². The van der Waals surface area contributed by atoms with Gasteiger partial charge in [0.2, 0.25) is 5.91 Å². The number of rotatable bonds is 5. The predicted octanol–water partition coefficient (Wildman–Crippen LogP) is 3.09. The molecule has 1 aromatic rings. The fourth-order valence-corrected chi connectivity index (χ4v) is 3.48. The van der Waals surface area contributed by atoms with E-state index in [4.69, 9.17) is 0 Å². The monoisotopic (exact) mass is 280 g/mol. The molecular formula is C15H24N2OS. The minimum atomic E-state index is -0.520. The van der Waals surface area contributed by atoms with Crippen molar-refractivity contribution in [2.45, 2.75) is 51.1 Å². The maximum atomic E-state index is 12.4. The second kappa shape index (κ2) is 6.06. The highest BCUT2D eigenvalue weighted by molar-refractivity contribution is 7.10. The van der Waals surface area contributed by atoms with Crippen LogP contribution >= 0.6 is 11.3 Å².